The number of rotatable bonds is 3. The second-order valence-electron chi connectivity index (χ2n) is 6.43. The van der Waals surface area contributed by atoms with E-state index in [4.69, 9.17) is 9.47 Å². The van der Waals surface area contributed by atoms with Crippen LogP contribution < -0.4 is 4.74 Å². The molecule has 2 aliphatic heterocycles. The van der Waals surface area contributed by atoms with E-state index in [1.165, 1.54) is 5.56 Å². The topological polar surface area (TPSA) is 64.5 Å². The Hall–Kier alpha value is -2.47. The number of carbonyl (C=O) groups is 1. The first-order valence-electron chi connectivity index (χ1n) is 8.74. The minimum atomic E-state index is -0.500. The number of nitrogens with zero attached hydrogens (tertiary/aromatic N) is 3. The Morgan fingerprint density at radius 2 is 2.16 bits per heavy atom. The van der Waals surface area contributed by atoms with Gasteiger partial charge in [-0.3, -0.25) is 4.79 Å². The zero-order chi connectivity index (χ0) is 17.1. The van der Waals surface area contributed by atoms with Crippen molar-refractivity contribution in [2.45, 2.75) is 31.5 Å². The lowest BCUT2D eigenvalue weighted by atomic mass is 9.96. The molecule has 4 rings (SSSR count). The van der Waals surface area contributed by atoms with Crippen molar-refractivity contribution < 1.29 is 14.3 Å². The summed E-state index contributed by atoms with van der Waals surface area (Å²) in [4.78, 5) is 14.9. The van der Waals surface area contributed by atoms with Gasteiger partial charge in [0.05, 0.1) is 13.2 Å². The molecular formula is C19H21N3O3. The quantitative estimate of drug-likeness (QED) is 0.857. The summed E-state index contributed by atoms with van der Waals surface area (Å²) in [6.45, 7) is 1.87. The number of likely N-dealkylation sites (tertiary alicyclic amines) is 1. The predicted octanol–water partition coefficient (Wildman–Crippen LogP) is 2.16. The van der Waals surface area contributed by atoms with E-state index in [9.17, 15) is 4.79 Å². The van der Waals surface area contributed by atoms with Crippen LogP contribution in [0.1, 0.15) is 30.1 Å². The Balaban J connectivity index is 1.46. The van der Waals surface area contributed by atoms with Crippen LogP contribution in [0.25, 0.3) is 0 Å². The third-order valence-electron chi connectivity index (χ3n) is 4.74. The van der Waals surface area contributed by atoms with Gasteiger partial charge in [0.1, 0.15) is 6.10 Å². The summed E-state index contributed by atoms with van der Waals surface area (Å²) in [5.41, 5.74) is 2.20. The molecule has 3 heterocycles. The fourth-order valence-corrected chi connectivity index (χ4v) is 3.52. The molecule has 6 nitrogen and oxygen atoms in total. The van der Waals surface area contributed by atoms with Crippen LogP contribution in [0, 0.1) is 0 Å². The van der Waals surface area contributed by atoms with Gasteiger partial charge in [0.15, 0.2) is 6.10 Å². The van der Waals surface area contributed by atoms with Crippen molar-refractivity contribution in [1.82, 2.24) is 15.1 Å². The number of amides is 1. The zero-order valence-corrected chi connectivity index (χ0v) is 14.0. The summed E-state index contributed by atoms with van der Waals surface area (Å²) >= 11 is 0. The largest absolute Gasteiger partial charge is 0.471 e. The Morgan fingerprint density at radius 3 is 3.04 bits per heavy atom. The van der Waals surface area contributed by atoms with Crippen molar-refractivity contribution >= 4 is 5.91 Å². The number of carbonyl (C=O) groups excluding carboxylic acids is 1. The molecule has 1 amide bonds. The van der Waals surface area contributed by atoms with Crippen molar-refractivity contribution in [3.8, 4) is 5.88 Å². The second kappa shape index (κ2) is 7.19. The molecule has 2 aliphatic rings. The van der Waals surface area contributed by atoms with Gasteiger partial charge >= 0.3 is 0 Å². The van der Waals surface area contributed by atoms with Crippen LogP contribution in [0.5, 0.6) is 5.88 Å². The summed E-state index contributed by atoms with van der Waals surface area (Å²) in [5.74, 6) is 0.528. The monoisotopic (exact) mass is 339 g/mol. The average Bonchev–Trinajstić information content (AvgIpc) is 2.68. The highest BCUT2D eigenvalue weighted by atomic mass is 16.5. The van der Waals surface area contributed by atoms with Crippen LogP contribution in [0.3, 0.4) is 0 Å². The maximum atomic E-state index is 13.0. The fourth-order valence-electron chi connectivity index (χ4n) is 3.52. The highest BCUT2D eigenvalue weighted by Crippen LogP contribution is 2.29. The first-order valence-corrected chi connectivity index (χ1v) is 8.74. The van der Waals surface area contributed by atoms with Crippen molar-refractivity contribution in [1.29, 1.82) is 0 Å². The molecule has 1 aromatic carbocycles. The molecule has 1 saturated heterocycles. The predicted molar refractivity (Wildman–Crippen MR) is 91.1 cm³/mol. The van der Waals surface area contributed by atoms with E-state index in [1.54, 1.807) is 18.3 Å². The summed E-state index contributed by atoms with van der Waals surface area (Å²) in [6, 6.07) is 11.6. The van der Waals surface area contributed by atoms with Crippen LogP contribution >= 0.6 is 0 Å². The molecule has 2 aromatic rings. The van der Waals surface area contributed by atoms with E-state index in [0.717, 1.165) is 31.4 Å². The molecule has 2 atom stereocenters. The number of ether oxygens (including phenoxy) is 2. The molecule has 0 N–H and O–H groups in total. The summed E-state index contributed by atoms with van der Waals surface area (Å²) in [5, 5.41) is 7.79. The standard InChI is InChI=1S/C19H21N3O3/c23-19(18-16-7-2-1-5-14(16)9-12-24-18)22-11-4-6-15(13-22)25-17-8-3-10-20-21-17/h1-3,5,7-8,10,15,18H,4,6,9,11-13H2/t15-,18+/m0/s1. The lowest BCUT2D eigenvalue weighted by Gasteiger charge is -2.36. The van der Waals surface area contributed by atoms with Gasteiger partial charge in [0.25, 0.3) is 5.91 Å². The zero-order valence-electron chi connectivity index (χ0n) is 14.0. The average molecular weight is 339 g/mol. The summed E-state index contributed by atoms with van der Waals surface area (Å²) in [7, 11) is 0. The molecule has 0 saturated carbocycles. The SMILES string of the molecule is O=C([C@@H]1OCCc2ccccc21)N1CCC[C@H](Oc2cccnn2)C1. The van der Waals surface area contributed by atoms with E-state index in [2.05, 4.69) is 16.3 Å². The highest BCUT2D eigenvalue weighted by molar-refractivity contribution is 5.83. The minimum absolute atomic E-state index is 0.0274. The molecule has 0 unspecified atom stereocenters. The van der Waals surface area contributed by atoms with Gasteiger partial charge in [0, 0.05) is 18.8 Å². The fraction of sp³-hybridized carbons (Fsp3) is 0.421. The van der Waals surface area contributed by atoms with Gasteiger partial charge in [-0.15, -0.1) is 5.10 Å². The van der Waals surface area contributed by atoms with Gasteiger partial charge in [-0.2, -0.15) is 5.10 Å². The van der Waals surface area contributed by atoms with Gasteiger partial charge < -0.3 is 14.4 Å². The molecule has 0 aliphatic carbocycles. The summed E-state index contributed by atoms with van der Waals surface area (Å²) < 4.78 is 11.7. The van der Waals surface area contributed by atoms with E-state index < -0.39 is 6.10 Å². The molecule has 6 heteroatoms. The maximum Gasteiger partial charge on any atom is 0.256 e. The highest BCUT2D eigenvalue weighted by Gasteiger charge is 2.33. The van der Waals surface area contributed by atoms with E-state index in [0.29, 0.717) is 19.0 Å². The second-order valence-corrected chi connectivity index (χ2v) is 6.43. The Kier molecular flexibility index (Phi) is 4.61. The number of benzene rings is 1. The maximum absolute atomic E-state index is 13.0. The van der Waals surface area contributed by atoms with Crippen molar-refractivity contribution in [3.05, 3.63) is 53.7 Å². The number of fused-ring (bicyclic) bond motifs is 1. The van der Waals surface area contributed by atoms with Crippen LogP contribution in [0.4, 0.5) is 0 Å². The third-order valence-corrected chi connectivity index (χ3v) is 4.74. The van der Waals surface area contributed by atoms with Crippen molar-refractivity contribution in [3.63, 3.8) is 0 Å². The van der Waals surface area contributed by atoms with Crippen LogP contribution in [0.2, 0.25) is 0 Å². The Labute approximate surface area is 146 Å². The minimum Gasteiger partial charge on any atom is -0.471 e. The van der Waals surface area contributed by atoms with Gasteiger partial charge in [-0.05, 0) is 36.5 Å². The number of aromatic nitrogens is 2. The van der Waals surface area contributed by atoms with E-state index in [1.807, 2.05) is 23.1 Å². The van der Waals surface area contributed by atoms with Crippen LogP contribution in [-0.4, -0.2) is 46.8 Å². The van der Waals surface area contributed by atoms with Gasteiger partial charge in [-0.25, -0.2) is 0 Å². The molecule has 1 aromatic heterocycles. The number of piperidine rings is 1. The molecular weight excluding hydrogens is 318 g/mol. The van der Waals surface area contributed by atoms with Gasteiger partial charge in [0.2, 0.25) is 5.88 Å². The molecule has 130 valence electrons. The Morgan fingerprint density at radius 1 is 1.24 bits per heavy atom. The lowest BCUT2D eigenvalue weighted by Crippen LogP contribution is -2.47. The third kappa shape index (κ3) is 3.49. The molecule has 0 bridgehead atoms. The lowest BCUT2D eigenvalue weighted by molar-refractivity contribution is -0.147. The van der Waals surface area contributed by atoms with Gasteiger partial charge in [-0.1, -0.05) is 24.3 Å². The smallest absolute Gasteiger partial charge is 0.256 e. The summed E-state index contributed by atoms with van der Waals surface area (Å²) in [6.07, 6.45) is 3.72. The van der Waals surface area contributed by atoms with Crippen LogP contribution in [0.15, 0.2) is 42.6 Å². The Bertz CT molecular complexity index is 738. The molecule has 0 radical (unpaired) electrons. The first kappa shape index (κ1) is 16.0. The normalized spacial score (nSPS) is 23.0. The van der Waals surface area contributed by atoms with Crippen molar-refractivity contribution in [2.75, 3.05) is 19.7 Å². The number of hydrogen-bond donors (Lipinski definition) is 0. The molecule has 25 heavy (non-hydrogen) atoms. The van der Waals surface area contributed by atoms with Crippen molar-refractivity contribution in [2.24, 2.45) is 0 Å². The molecule has 1 fully saturated rings. The van der Waals surface area contributed by atoms with Crippen LogP contribution in [-0.2, 0) is 16.0 Å². The first-order chi connectivity index (χ1) is 12.3. The number of hydrogen-bond acceptors (Lipinski definition) is 5. The van der Waals surface area contributed by atoms with E-state index >= 15 is 0 Å². The molecule has 0 spiro atoms. The van der Waals surface area contributed by atoms with E-state index in [-0.39, 0.29) is 12.0 Å².